The van der Waals surface area contributed by atoms with E-state index in [1.807, 2.05) is 47.0 Å². The molecule has 0 unspecified atom stereocenters. The summed E-state index contributed by atoms with van der Waals surface area (Å²) in [5, 5.41) is 17.5. The predicted molar refractivity (Wildman–Crippen MR) is 172 cm³/mol. The third kappa shape index (κ3) is 7.27. The van der Waals surface area contributed by atoms with Crippen molar-refractivity contribution in [1.29, 1.82) is 0 Å². The Morgan fingerprint density at radius 2 is 1.73 bits per heavy atom. The van der Waals surface area contributed by atoms with Gasteiger partial charge in [0.1, 0.15) is 16.7 Å². The number of rotatable bonds is 10. The fourth-order valence-corrected chi connectivity index (χ4v) is 6.86. The number of urea groups is 1. The van der Waals surface area contributed by atoms with Crippen molar-refractivity contribution in [3.8, 4) is 10.4 Å². The van der Waals surface area contributed by atoms with Gasteiger partial charge in [0.15, 0.2) is 0 Å². The number of likely N-dealkylation sites (tertiary alicyclic amines) is 1. The summed E-state index contributed by atoms with van der Waals surface area (Å²) in [4.78, 5) is 51.1. The van der Waals surface area contributed by atoms with Crippen molar-refractivity contribution in [2.24, 2.45) is 13.0 Å². The van der Waals surface area contributed by atoms with E-state index in [4.69, 9.17) is 4.98 Å². The van der Waals surface area contributed by atoms with Crippen molar-refractivity contribution in [3.63, 3.8) is 0 Å². The van der Waals surface area contributed by atoms with E-state index in [0.29, 0.717) is 22.0 Å². The zero-order valence-electron chi connectivity index (χ0n) is 25.5. The number of thiazole rings is 1. The van der Waals surface area contributed by atoms with Gasteiger partial charge in [0.2, 0.25) is 0 Å². The number of carbonyl (C=O) groups excluding carboxylic acids is 2. The van der Waals surface area contributed by atoms with Gasteiger partial charge in [-0.05, 0) is 43.4 Å². The molecule has 0 radical (unpaired) electrons. The van der Waals surface area contributed by atoms with Crippen LogP contribution in [-0.2, 0) is 18.3 Å². The molecule has 5 rings (SSSR count). The number of amides is 3. The van der Waals surface area contributed by atoms with Gasteiger partial charge in [0, 0.05) is 61.1 Å². The van der Waals surface area contributed by atoms with Crippen LogP contribution in [0.25, 0.3) is 21.3 Å². The van der Waals surface area contributed by atoms with Gasteiger partial charge < -0.3 is 25.2 Å². The molecule has 1 fully saturated rings. The number of aromatic nitrogens is 3. The minimum absolute atomic E-state index is 0.0321. The molecular formula is C33H40N6O4S. The monoisotopic (exact) mass is 616 g/mol. The Bertz CT molecular complexity index is 1610. The van der Waals surface area contributed by atoms with Crippen LogP contribution in [0.3, 0.4) is 0 Å². The number of pyridine rings is 1. The van der Waals surface area contributed by atoms with Crippen molar-refractivity contribution in [2.45, 2.75) is 64.5 Å². The van der Waals surface area contributed by atoms with Gasteiger partial charge >= 0.3 is 12.0 Å². The van der Waals surface area contributed by atoms with Gasteiger partial charge in [-0.25, -0.2) is 14.6 Å². The number of hydrogen-bond donors (Lipinski definition) is 3. The van der Waals surface area contributed by atoms with E-state index in [-0.39, 0.29) is 24.1 Å². The smallest absolute Gasteiger partial charge is 0.326 e. The highest BCUT2D eigenvalue weighted by Crippen LogP contribution is 2.39. The number of fused-ring (bicyclic) bond motifs is 1. The second-order valence-electron chi connectivity index (χ2n) is 11.8. The SMILES string of the molecule is CC(C)C[C@H](NC(=O)N1CCCCCC1)c1nc(C(=O)N[C@@H](Cc2ccccn2)C(=O)O)c(-c2cn(C)c3ccccc23)s1. The normalized spacial score (nSPS) is 15.1. The molecule has 0 bridgehead atoms. The maximum absolute atomic E-state index is 13.9. The highest BCUT2D eigenvalue weighted by atomic mass is 32.1. The van der Waals surface area contributed by atoms with Crippen LogP contribution in [0.2, 0.25) is 0 Å². The van der Waals surface area contributed by atoms with Crippen LogP contribution in [0.15, 0.2) is 54.9 Å². The number of aliphatic carboxylic acids is 1. The molecule has 44 heavy (non-hydrogen) atoms. The first kappa shape index (κ1) is 31.2. The van der Waals surface area contributed by atoms with E-state index >= 15 is 0 Å². The molecule has 0 saturated carbocycles. The number of para-hydroxylation sites is 1. The summed E-state index contributed by atoms with van der Waals surface area (Å²) in [7, 11) is 1.95. The molecule has 2 atom stereocenters. The minimum atomic E-state index is -1.20. The van der Waals surface area contributed by atoms with E-state index in [2.05, 4.69) is 29.5 Å². The number of benzene rings is 1. The number of carboxylic acid groups (broad SMARTS) is 1. The maximum Gasteiger partial charge on any atom is 0.326 e. The van der Waals surface area contributed by atoms with Crippen LogP contribution >= 0.6 is 11.3 Å². The number of nitrogens with one attached hydrogen (secondary N) is 2. The highest BCUT2D eigenvalue weighted by Gasteiger charge is 2.30. The Balaban J connectivity index is 1.53. The van der Waals surface area contributed by atoms with Gasteiger partial charge in [0.25, 0.3) is 5.91 Å². The molecule has 10 nitrogen and oxygen atoms in total. The standard InChI is InChI=1S/C33H40N6O4S/c1-21(2)18-25(36-33(43)39-16-10-4-5-11-17-39)31-37-28(29(44-31)24-20-38(3)27-14-7-6-13-23(24)27)30(40)35-26(32(41)42)19-22-12-8-9-15-34-22/h6-9,12-15,20-21,25-26H,4-5,10-11,16-19H2,1-3H3,(H,35,40)(H,36,43)(H,41,42)/t25-,26-/m0/s1. The summed E-state index contributed by atoms with van der Waals surface area (Å²) < 4.78 is 2.00. The zero-order chi connectivity index (χ0) is 31.2. The fourth-order valence-electron chi connectivity index (χ4n) is 5.71. The minimum Gasteiger partial charge on any atom is -0.480 e. The lowest BCUT2D eigenvalue weighted by atomic mass is 10.0. The van der Waals surface area contributed by atoms with Gasteiger partial charge in [0.05, 0.1) is 10.9 Å². The molecule has 4 heterocycles. The van der Waals surface area contributed by atoms with Crippen molar-refractivity contribution >= 4 is 40.1 Å². The van der Waals surface area contributed by atoms with E-state index < -0.39 is 24.0 Å². The molecule has 1 aliphatic rings. The van der Waals surface area contributed by atoms with Gasteiger partial charge in [-0.15, -0.1) is 11.3 Å². The van der Waals surface area contributed by atoms with Crippen molar-refractivity contribution in [3.05, 3.63) is 71.3 Å². The third-order valence-electron chi connectivity index (χ3n) is 7.94. The summed E-state index contributed by atoms with van der Waals surface area (Å²) in [6.07, 6.45) is 8.44. The lowest BCUT2D eigenvalue weighted by Crippen LogP contribution is -2.43. The van der Waals surface area contributed by atoms with Gasteiger partial charge in [-0.2, -0.15) is 0 Å². The summed E-state index contributed by atoms with van der Waals surface area (Å²) >= 11 is 1.37. The largest absolute Gasteiger partial charge is 0.480 e. The van der Waals surface area contributed by atoms with Crippen LogP contribution in [0.1, 0.15) is 73.2 Å². The number of nitrogens with zero attached hydrogens (tertiary/aromatic N) is 4. The molecule has 1 aromatic carbocycles. The van der Waals surface area contributed by atoms with Crippen molar-refractivity contribution in [1.82, 2.24) is 30.1 Å². The van der Waals surface area contributed by atoms with E-state index in [1.54, 1.807) is 24.4 Å². The van der Waals surface area contributed by atoms with Crippen LogP contribution in [0, 0.1) is 5.92 Å². The Morgan fingerprint density at radius 3 is 2.41 bits per heavy atom. The van der Waals surface area contributed by atoms with E-state index in [9.17, 15) is 19.5 Å². The first-order valence-electron chi connectivity index (χ1n) is 15.3. The molecule has 11 heteroatoms. The number of hydrogen-bond acceptors (Lipinski definition) is 6. The predicted octanol–water partition coefficient (Wildman–Crippen LogP) is 5.80. The number of aryl methyl sites for hydroxylation is 1. The quantitative estimate of drug-likeness (QED) is 0.207. The third-order valence-corrected chi connectivity index (χ3v) is 9.14. The van der Waals surface area contributed by atoms with Gasteiger partial charge in [-0.3, -0.25) is 9.78 Å². The average Bonchev–Trinajstić information content (AvgIpc) is 3.46. The molecule has 0 aliphatic carbocycles. The van der Waals surface area contributed by atoms with Crippen LogP contribution in [0.5, 0.6) is 0 Å². The summed E-state index contributed by atoms with van der Waals surface area (Å²) in [5.74, 6) is -1.49. The second kappa shape index (κ2) is 14.0. The summed E-state index contributed by atoms with van der Waals surface area (Å²) in [6, 6.07) is 11.5. The number of carboxylic acids is 1. The van der Waals surface area contributed by atoms with E-state index in [0.717, 1.165) is 55.2 Å². The topological polar surface area (TPSA) is 129 Å². The molecule has 1 saturated heterocycles. The van der Waals surface area contributed by atoms with Crippen LogP contribution in [0.4, 0.5) is 4.79 Å². The molecule has 3 amide bonds. The first-order valence-corrected chi connectivity index (χ1v) is 16.1. The van der Waals surface area contributed by atoms with Crippen molar-refractivity contribution < 1.29 is 19.5 Å². The van der Waals surface area contributed by atoms with Crippen LogP contribution in [-0.4, -0.2) is 61.6 Å². The zero-order valence-corrected chi connectivity index (χ0v) is 26.3. The summed E-state index contributed by atoms with van der Waals surface area (Å²) in [6.45, 7) is 5.62. The fraction of sp³-hybridized carbons (Fsp3) is 0.424. The molecule has 0 spiro atoms. The van der Waals surface area contributed by atoms with Crippen molar-refractivity contribution in [2.75, 3.05) is 13.1 Å². The molecule has 3 N–H and O–H groups in total. The number of carbonyl (C=O) groups is 3. The molecule has 232 valence electrons. The molecular weight excluding hydrogens is 576 g/mol. The Morgan fingerprint density at radius 1 is 1.00 bits per heavy atom. The summed E-state index contributed by atoms with van der Waals surface area (Å²) in [5.41, 5.74) is 2.53. The average molecular weight is 617 g/mol. The maximum atomic E-state index is 13.9. The molecule has 4 aromatic rings. The Kier molecular flexibility index (Phi) is 9.94. The highest BCUT2D eigenvalue weighted by molar-refractivity contribution is 7.15. The lowest BCUT2D eigenvalue weighted by molar-refractivity contribution is -0.139. The molecule has 3 aromatic heterocycles. The molecule has 1 aliphatic heterocycles. The Labute approximate surface area is 261 Å². The van der Waals surface area contributed by atoms with Gasteiger partial charge in [-0.1, -0.05) is 51.0 Å². The second-order valence-corrected chi connectivity index (χ2v) is 12.9. The van der Waals surface area contributed by atoms with Crippen LogP contribution < -0.4 is 10.6 Å². The lowest BCUT2D eigenvalue weighted by Gasteiger charge is -2.25. The van der Waals surface area contributed by atoms with E-state index in [1.165, 1.54) is 11.3 Å². The Hall–Kier alpha value is -4.25. The first-order chi connectivity index (χ1) is 21.2.